The summed E-state index contributed by atoms with van der Waals surface area (Å²) in [5, 5.41) is 15.3. The molecule has 11 heteroatoms. The number of carbonyl (C=O) groups excluding carboxylic acids is 2. The number of rotatable bonds is 6. The van der Waals surface area contributed by atoms with Crippen molar-refractivity contribution in [3.8, 4) is 6.07 Å². The van der Waals surface area contributed by atoms with Gasteiger partial charge in [0.15, 0.2) is 0 Å². The van der Waals surface area contributed by atoms with Crippen LogP contribution >= 0.6 is 11.3 Å². The summed E-state index contributed by atoms with van der Waals surface area (Å²) in [6, 6.07) is 14.6. The topological polar surface area (TPSA) is 140 Å². The number of thiophene rings is 1. The van der Waals surface area contributed by atoms with Gasteiger partial charge in [-0.2, -0.15) is 5.26 Å². The van der Waals surface area contributed by atoms with Crippen molar-refractivity contribution >= 4 is 56.4 Å². The predicted octanol–water partition coefficient (Wildman–Crippen LogP) is 4.64. The molecule has 5 rings (SSSR count). The molecule has 2 amide bonds. The molecule has 10 nitrogen and oxygen atoms in total. The first-order valence-corrected chi connectivity index (χ1v) is 14.1. The molecule has 0 saturated carbocycles. The maximum Gasteiger partial charge on any atom is 0.268 e. The minimum Gasteiger partial charge on any atom is -0.396 e. The molecule has 1 fully saturated rings. The van der Waals surface area contributed by atoms with E-state index in [1.54, 1.807) is 50.4 Å². The summed E-state index contributed by atoms with van der Waals surface area (Å²) in [7, 11) is 2.09. The molecule has 2 aromatic carbocycles. The maximum absolute atomic E-state index is 13.3. The molecule has 2 aromatic heterocycles. The highest BCUT2D eigenvalue weighted by Crippen LogP contribution is 2.33. The molecule has 0 aliphatic carbocycles. The number of nitrogens with two attached hydrogens (primary N) is 1. The number of nitrogen functional groups attached to an aromatic ring is 1. The number of piperazine rings is 1. The van der Waals surface area contributed by atoms with Crippen LogP contribution in [0.15, 0.2) is 48.7 Å². The molecule has 0 atom stereocenters. The number of nitrogens with one attached hydrogen (secondary N) is 2. The van der Waals surface area contributed by atoms with Crippen molar-refractivity contribution < 1.29 is 9.59 Å². The van der Waals surface area contributed by atoms with Crippen LogP contribution in [0.1, 0.15) is 45.0 Å². The molecule has 1 saturated heterocycles. The Bertz CT molecular complexity index is 1680. The van der Waals surface area contributed by atoms with Crippen molar-refractivity contribution in [3.05, 3.63) is 70.2 Å². The average Bonchev–Trinajstić information content (AvgIpc) is 3.31. The molecular weight excluding hydrogens is 536 g/mol. The summed E-state index contributed by atoms with van der Waals surface area (Å²) in [5.41, 5.74) is 9.59. The van der Waals surface area contributed by atoms with E-state index in [0.717, 1.165) is 43.1 Å². The van der Waals surface area contributed by atoms with Crippen LogP contribution in [0.25, 0.3) is 10.3 Å². The van der Waals surface area contributed by atoms with Gasteiger partial charge in [0.1, 0.15) is 21.0 Å². The molecule has 1 aliphatic heterocycles. The van der Waals surface area contributed by atoms with E-state index in [0.29, 0.717) is 37.8 Å². The highest BCUT2D eigenvalue weighted by atomic mass is 32.1. The maximum atomic E-state index is 13.3. The van der Waals surface area contributed by atoms with Gasteiger partial charge in [-0.05, 0) is 63.2 Å². The second-order valence-corrected chi connectivity index (χ2v) is 11.8. The highest BCUT2D eigenvalue weighted by molar-refractivity contribution is 7.21. The van der Waals surface area contributed by atoms with Gasteiger partial charge in [0.05, 0.1) is 23.4 Å². The minimum absolute atomic E-state index is 0.299. The van der Waals surface area contributed by atoms with Gasteiger partial charge in [-0.25, -0.2) is 9.97 Å². The molecule has 4 N–H and O–H groups in total. The van der Waals surface area contributed by atoms with Crippen molar-refractivity contribution in [1.82, 2.24) is 14.9 Å². The van der Waals surface area contributed by atoms with E-state index >= 15 is 0 Å². The third kappa shape index (κ3) is 5.84. The van der Waals surface area contributed by atoms with Crippen molar-refractivity contribution in [1.29, 1.82) is 5.26 Å². The van der Waals surface area contributed by atoms with Crippen LogP contribution in [0, 0.1) is 18.3 Å². The quantitative estimate of drug-likeness (QED) is 0.306. The molecule has 3 heterocycles. The SMILES string of the molecule is Cc1ccc(NC(=O)c2cccc(C(C)(C)C#N)c2)cc1NC(=O)c1sc2ncc(N3CCN(C)CC3)nc2c1N. The van der Waals surface area contributed by atoms with Crippen LogP contribution in [0.5, 0.6) is 0 Å². The summed E-state index contributed by atoms with van der Waals surface area (Å²) in [4.78, 5) is 41.0. The van der Waals surface area contributed by atoms with Gasteiger partial charge in [-0.3, -0.25) is 9.59 Å². The highest BCUT2D eigenvalue weighted by Gasteiger charge is 2.23. The average molecular weight is 569 g/mol. The van der Waals surface area contributed by atoms with Crippen molar-refractivity contribution in [2.24, 2.45) is 0 Å². The van der Waals surface area contributed by atoms with Gasteiger partial charge >= 0.3 is 0 Å². The number of benzene rings is 2. The predicted molar refractivity (Wildman–Crippen MR) is 164 cm³/mol. The fourth-order valence-corrected chi connectivity index (χ4v) is 5.47. The molecule has 41 heavy (non-hydrogen) atoms. The molecule has 0 bridgehead atoms. The Morgan fingerprint density at radius 2 is 1.83 bits per heavy atom. The van der Waals surface area contributed by atoms with E-state index in [4.69, 9.17) is 10.7 Å². The Balaban J connectivity index is 1.33. The zero-order valence-corrected chi connectivity index (χ0v) is 24.3. The Labute approximate surface area is 242 Å². The fourth-order valence-electron chi connectivity index (χ4n) is 4.57. The largest absolute Gasteiger partial charge is 0.396 e. The van der Waals surface area contributed by atoms with Crippen molar-refractivity contribution in [3.63, 3.8) is 0 Å². The Morgan fingerprint density at radius 3 is 2.56 bits per heavy atom. The normalized spacial score (nSPS) is 14.1. The zero-order valence-electron chi connectivity index (χ0n) is 23.5. The number of amides is 2. The van der Waals surface area contributed by atoms with E-state index < -0.39 is 5.41 Å². The van der Waals surface area contributed by atoms with Crippen LogP contribution in [0.4, 0.5) is 22.9 Å². The minimum atomic E-state index is -0.719. The van der Waals surface area contributed by atoms with Gasteiger partial charge in [0, 0.05) is 43.1 Å². The standard InChI is InChI=1S/C30H32N8O2S/c1-18-8-9-21(34-27(39)19-6-5-7-20(14-19)30(2,3)17-31)15-22(18)35-28(40)26-24(32)25-29(41-26)33-16-23(36-25)38-12-10-37(4)11-13-38/h5-9,14-16H,10-13,32H2,1-4H3,(H,34,39)(H,35,40). The van der Waals surface area contributed by atoms with Gasteiger partial charge in [-0.1, -0.05) is 18.2 Å². The van der Waals surface area contributed by atoms with E-state index in [9.17, 15) is 14.9 Å². The third-order valence-electron chi connectivity index (χ3n) is 7.33. The summed E-state index contributed by atoms with van der Waals surface area (Å²) in [5.74, 6) is 0.0679. The monoisotopic (exact) mass is 568 g/mol. The lowest BCUT2D eigenvalue weighted by Crippen LogP contribution is -2.44. The van der Waals surface area contributed by atoms with Crippen LogP contribution in [0.3, 0.4) is 0 Å². The van der Waals surface area contributed by atoms with Gasteiger partial charge in [-0.15, -0.1) is 11.3 Å². The Morgan fingerprint density at radius 1 is 1.07 bits per heavy atom. The van der Waals surface area contributed by atoms with Crippen LogP contribution < -0.4 is 21.3 Å². The number of hydrogen-bond acceptors (Lipinski definition) is 9. The number of aromatic nitrogens is 2. The lowest BCUT2D eigenvalue weighted by atomic mass is 9.85. The molecule has 4 aromatic rings. The number of nitrogens with zero attached hydrogens (tertiary/aromatic N) is 5. The van der Waals surface area contributed by atoms with Crippen LogP contribution in [-0.2, 0) is 5.41 Å². The lowest BCUT2D eigenvalue weighted by Gasteiger charge is -2.32. The summed E-state index contributed by atoms with van der Waals surface area (Å²) in [6.07, 6.45) is 1.73. The van der Waals surface area contributed by atoms with Gasteiger partial charge in [0.2, 0.25) is 0 Å². The number of carbonyl (C=O) groups is 2. The molecule has 1 aliphatic rings. The number of anilines is 4. The number of hydrogen-bond donors (Lipinski definition) is 3. The summed E-state index contributed by atoms with van der Waals surface area (Å²) in [6.45, 7) is 9.07. The lowest BCUT2D eigenvalue weighted by molar-refractivity contribution is 0.102. The van der Waals surface area contributed by atoms with Crippen molar-refractivity contribution in [2.45, 2.75) is 26.2 Å². The van der Waals surface area contributed by atoms with E-state index in [-0.39, 0.29) is 11.8 Å². The Kier molecular flexibility index (Phi) is 7.62. The van der Waals surface area contributed by atoms with Crippen molar-refractivity contribution in [2.75, 3.05) is 54.5 Å². The van der Waals surface area contributed by atoms with E-state index in [1.807, 2.05) is 19.1 Å². The molecule has 0 radical (unpaired) electrons. The smallest absolute Gasteiger partial charge is 0.268 e. The molecule has 210 valence electrons. The number of likely N-dealkylation sites (N-methyl/N-ethyl adjacent to an activating group) is 1. The second-order valence-electron chi connectivity index (χ2n) is 10.8. The zero-order chi connectivity index (χ0) is 29.3. The van der Waals surface area contributed by atoms with E-state index in [1.165, 1.54) is 11.3 Å². The van der Waals surface area contributed by atoms with Crippen LogP contribution in [0.2, 0.25) is 0 Å². The molecule has 0 spiro atoms. The van der Waals surface area contributed by atoms with Gasteiger partial charge < -0.3 is 26.2 Å². The second kappa shape index (κ2) is 11.2. The number of nitriles is 1. The molecular formula is C30H32N8O2S. The Hall–Kier alpha value is -4.53. The number of aryl methyl sites for hydroxylation is 1. The first kappa shape index (κ1) is 28.0. The molecule has 0 unspecified atom stereocenters. The summed E-state index contributed by atoms with van der Waals surface area (Å²) < 4.78 is 0. The van der Waals surface area contributed by atoms with Crippen LogP contribution in [-0.4, -0.2) is 59.9 Å². The third-order valence-corrected chi connectivity index (χ3v) is 8.43. The number of fused-ring (bicyclic) bond motifs is 1. The van der Waals surface area contributed by atoms with E-state index in [2.05, 4.69) is 38.5 Å². The first-order chi connectivity index (χ1) is 19.6. The first-order valence-electron chi connectivity index (χ1n) is 13.3. The van der Waals surface area contributed by atoms with Gasteiger partial charge in [0.25, 0.3) is 11.8 Å². The summed E-state index contributed by atoms with van der Waals surface area (Å²) >= 11 is 1.20. The fraction of sp³-hybridized carbons (Fsp3) is 0.300.